The van der Waals surface area contributed by atoms with E-state index in [2.05, 4.69) is 29.6 Å². The first-order chi connectivity index (χ1) is 10.1. The minimum atomic E-state index is -0.242. The molecule has 21 heavy (non-hydrogen) atoms. The molecule has 0 aliphatic heterocycles. The molecule has 2 aromatic rings. The molecule has 1 fully saturated rings. The highest BCUT2D eigenvalue weighted by Crippen LogP contribution is 2.54. The van der Waals surface area contributed by atoms with Crippen molar-refractivity contribution in [1.29, 1.82) is 0 Å². The van der Waals surface area contributed by atoms with Gasteiger partial charge in [-0.2, -0.15) is 0 Å². The van der Waals surface area contributed by atoms with Crippen molar-refractivity contribution in [2.75, 3.05) is 7.05 Å². The van der Waals surface area contributed by atoms with E-state index >= 15 is 0 Å². The van der Waals surface area contributed by atoms with Crippen LogP contribution in [0.5, 0.6) is 0 Å². The molecule has 1 saturated carbocycles. The van der Waals surface area contributed by atoms with Gasteiger partial charge in [-0.1, -0.05) is 48.0 Å². The predicted molar refractivity (Wildman–Crippen MR) is 85.2 cm³/mol. The topological polar surface area (TPSA) is 12.0 Å². The molecule has 0 bridgehead atoms. The van der Waals surface area contributed by atoms with Crippen LogP contribution in [0.25, 0.3) is 0 Å². The lowest BCUT2D eigenvalue weighted by Crippen LogP contribution is -2.20. The van der Waals surface area contributed by atoms with Gasteiger partial charge in [-0.3, -0.25) is 0 Å². The molecule has 3 unspecified atom stereocenters. The van der Waals surface area contributed by atoms with Crippen LogP contribution >= 0.6 is 11.6 Å². The summed E-state index contributed by atoms with van der Waals surface area (Å²) in [7, 11) is 1.94. The van der Waals surface area contributed by atoms with Crippen LogP contribution in [0, 0.1) is 18.7 Å². The number of nitrogens with one attached hydrogen (secondary N) is 1. The molecule has 110 valence electrons. The first kappa shape index (κ1) is 14.6. The molecule has 0 saturated heterocycles. The third-order valence-electron chi connectivity index (χ3n) is 4.42. The van der Waals surface area contributed by atoms with Crippen molar-refractivity contribution in [1.82, 2.24) is 5.32 Å². The Morgan fingerprint density at radius 1 is 1.24 bits per heavy atom. The second-order valence-corrected chi connectivity index (χ2v) is 6.21. The Labute approximate surface area is 130 Å². The van der Waals surface area contributed by atoms with Crippen LogP contribution in [-0.2, 0) is 0 Å². The lowest BCUT2D eigenvalue weighted by molar-refractivity contribution is 0.515. The summed E-state index contributed by atoms with van der Waals surface area (Å²) in [4.78, 5) is 0. The molecule has 0 heterocycles. The van der Waals surface area contributed by atoms with Crippen LogP contribution in [0.15, 0.2) is 42.5 Å². The fourth-order valence-electron chi connectivity index (χ4n) is 3.18. The molecule has 0 amide bonds. The van der Waals surface area contributed by atoms with Gasteiger partial charge < -0.3 is 5.32 Å². The molecule has 1 aliphatic carbocycles. The van der Waals surface area contributed by atoms with Crippen LogP contribution in [0.2, 0.25) is 5.02 Å². The smallest absolute Gasteiger partial charge is 0.127 e. The molecule has 1 aliphatic rings. The fraction of sp³-hybridized carbons (Fsp3) is 0.333. The average Bonchev–Trinajstić information content (AvgIpc) is 3.26. The highest BCUT2D eigenvalue weighted by molar-refractivity contribution is 6.31. The standard InChI is InChI=1S/C18H19ClFN/c1-11-8-15(16(19)10-17(11)20)18(21-2)14-9-13(14)12-6-4-3-5-7-12/h3-8,10,13-14,18,21H,9H2,1-2H3. The molecule has 3 heteroatoms. The number of benzene rings is 2. The zero-order valence-corrected chi connectivity index (χ0v) is 13.0. The quantitative estimate of drug-likeness (QED) is 0.851. The summed E-state index contributed by atoms with van der Waals surface area (Å²) in [6.45, 7) is 1.78. The number of hydrogen-bond donors (Lipinski definition) is 1. The molecule has 3 atom stereocenters. The van der Waals surface area contributed by atoms with Gasteiger partial charge in [-0.15, -0.1) is 0 Å². The van der Waals surface area contributed by atoms with Gasteiger partial charge in [0.2, 0.25) is 0 Å². The average molecular weight is 304 g/mol. The maximum absolute atomic E-state index is 13.6. The molecule has 0 radical (unpaired) electrons. The maximum atomic E-state index is 13.6. The van der Waals surface area contributed by atoms with Crippen molar-refractivity contribution < 1.29 is 4.39 Å². The Kier molecular flexibility index (Phi) is 4.01. The number of halogens is 2. The van der Waals surface area contributed by atoms with Crippen molar-refractivity contribution in [3.05, 3.63) is 70.0 Å². The SMILES string of the molecule is CNC(c1cc(C)c(F)cc1Cl)C1CC1c1ccccc1. The molecule has 0 spiro atoms. The van der Waals surface area contributed by atoms with Gasteiger partial charge in [0.15, 0.2) is 0 Å². The highest BCUT2D eigenvalue weighted by Gasteiger charge is 2.44. The van der Waals surface area contributed by atoms with Gasteiger partial charge in [0, 0.05) is 11.1 Å². The van der Waals surface area contributed by atoms with Crippen LogP contribution in [0.3, 0.4) is 0 Å². The van der Waals surface area contributed by atoms with E-state index in [0.717, 1.165) is 12.0 Å². The lowest BCUT2D eigenvalue weighted by Gasteiger charge is -2.19. The summed E-state index contributed by atoms with van der Waals surface area (Å²) in [6.07, 6.45) is 1.14. The summed E-state index contributed by atoms with van der Waals surface area (Å²) < 4.78 is 13.6. The third kappa shape index (κ3) is 2.83. The summed E-state index contributed by atoms with van der Waals surface area (Å²) in [6, 6.07) is 14.0. The Hall–Kier alpha value is -1.38. The van der Waals surface area contributed by atoms with Crippen molar-refractivity contribution >= 4 is 11.6 Å². The Balaban J connectivity index is 1.86. The second-order valence-electron chi connectivity index (χ2n) is 5.81. The number of aryl methyl sites for hydroxylation is 1. The third-order valence-corrected chi connectivity index (χ3v) is 4.75. The zero-order chi connectivity index (χ0) is 15.0. The maximum Gasteiger partial charge on any atom is 0.127 e. The number of rotatable bonds is 4. The zero-order valence-electron chi connectivity index (χ0n) is 12.2. The number of hydrogen-bond acceptors (Lipinski definition) is 1. The summed E-state index contributed by atoms with van der Waals surface area (Å²) in [5, 5.41) is 3.87. The Morgan fingerprint density at radius 2 is 1.95 bits per heavy atom. The van der Waals surface area contributed by atoms with Crippen LogP contribution in [0.4, 0.5) is 4.39 Å². The van der Waals surface area contributed by atoms with E-state index < -0.39 is 0 Å². The minimum Gasteiger partial charge on any atom is -0.313 e. The molecular weight excluding hydrogens is 285 g/mol. The largest absolute Gasteiger partial charge is 0.313 e. The summed E-state index contributed by atoms with van der Waals surface area (Å²) in [5.41, 5.74) is 3.02. The van der Waals surface area contributed by atoms with Crippen LogP contribution in [-0.4, -0.2) is 7.05 Å². The molecular formula is C18H19ClFN. The first-order valence-corrected chi connectivity index (χ1v) is 7.67. The van der Waals surface area contributed by atoms with E-state index in [-0.39, 0.29) is 11.9 Å². The van der Waals surface area contributed by atoms with E-state index in [1.807, 2.05) is 19.2 Å². The van der Waals surface area contributed by atoms with Crippen molar-refractivity contribution in [2.24, 2.45) is 5.92 Å². The predicted octanol–water partition coefficient (Wildman–Crippen LogP) is 4.85. The monoisotopic (exact) mass is 303 g/mol. The van der Waals surface area contributed by atoms with Gasteiger partial charge in [0.05, 0.1) is 0 Å². The molecule has 3 rings (SSSR count). The fourth-order valence-corrected chi connectivity index (χ4v) is 3.45. The minimum absolute atomic E-state index is 0.169. The van der Waals surface area contributed by atoms with Gasteiger partial charge in [-0.05, 0) is 55.0 Å². The van der Waals surface area contributed by atoms with Gasteiger partial charge in [0.25, 0.3) is 0 Å². The second kappa shape index (κ2) is 5.78. The van der Waals surface area contributed by atoms with Crippen molar-refractivity contribution in [3.8, 4) is 0 Å². The van der Waals surface area contributed by atoms with Crippen LogP contribution < -0.4 is 5.32 Å². The van der Waals surface area contributed by atoms with E-state index in [4.69, 9.17) is 11.6 Å². The Morgan fingerprint density at radius 3 is 2.62 bits per heavy atom. The summed E-state index contributed by atoms with van der Waals surface area (Å²) >= 11 is 6.26. The van der Waals surface area contributed by atoms with E-state index in [1.165, 1.54) is 11.6 Å². The van der Waals surface area contributed by atoms with Crippen molar-refractivity contribution in [2.45, 2.75) is 25.3 Å². The van der Waals surface area contributed by atoms with Gasteiger partial charge in [0.1, 0.15) is 5.82 Å². The van der Waals surface area contributed by atoms with E-state index in [9.17, 15) is 4.39 Å². The summed E-state index contributed by atoms with van der Waals surface area (Å²) in [5.74, 6) is 0.832. The normalized spacial score (nSPS) is 22.1. The van der Waals surface area contributed by atoms with E-state index in [0.29, 0.717) is 22.4 Å². The van der Waals surface area contributed by atoms with Gasteiger partial charge in [-0.25, -0.2) is 4.39 Å². The van der Waals surface area contributed by atoms with E-state index in [1.54, 1.807) is 6.92 Å². The first-order valence-electron chi connectivity index (χ1n) is 7.29. The van der Waals surface area contributed by atoms with Crippen molar-refractivity contribution in [3.63, 3.8) is 0 Å². The van der Waals surface area contributed by atoms with Crippen LogP contribution in [0.1, 0.15) is 35.1 Å². The Bertz CT molecular complexity index is 641. The lowest BCUT2D eigenvalue weighted by atomic mass is 9.97. The highest BCUT2D eigenvalue weighted by atomic mass is 35.5. The molecule has 0 aromatic heterocycles. The molecule has 1 nitrogen and oxygen atoms in total. The molecule has 1 N–H and O–H groups in total. The van der Waals surface area contributed by atoms with Gasteiger partial charge >= 0.3 is 0 Å². The molecule has 2 aromatic carbocycles.